The summed E-state index contributed by atoms with van der Waals surface area (Å²) in [7, 11) is 0. The van der Waals surface area contributed by atoms with Crippen molar-refractivity contribution in [2.24, 2.45) is 0 Å². The zero-order valence-corrected chi connectivity index (χ0v) is 23.5. The van der Waals surface area contributed by atoms with Crippen LogP contribution in [0.5, 0.6) is 5.88 Å². The first kappa shape index (κ1) is 31.0. The van der Waals surface area contributed by atoms with E-state index < -0.39 is 34.9 Å². The molecular formula is C29H28F6N6O3. The van der Waals surface area contributed by atoms with Crippen LogP contribution in [0.4, 0.5) is 32.0 Å². The van der Waals surface area contributed by atoms with Gasteiger partial charge in [0.1, 0.15) is 12.3 Å². The lowest BCUT2D eigenvalue weighted by Gasteiger charge is -2.36. The summed E-state index contributed by atoms with van der Waals surface area (Å²) in [6.07, 6.45) is -7.16. The molecule has 0 atom stereocenters. The Labute approximate surface area is 248 Å². The second kappa shape index (κ2) is 11.9. The number of hydrogen-bond acceptors (Lipinski definition) is 7. The molecule has 1 aliphatic heterocycles. The highest BCUT2D eigenvalue weighted by molar-refractivity contribution is 5.90. The maximum Gasteiger partial charge on any atom is 0.433 e. The molecule has 2 amide bonds. The lowest BCUT2D eigenvalue weighted by atomic mass is 10.0. The summed E-state index contributed by atoms with van der Waals surface area (Å²) in [6, 6.07) is 9.10. The fourth-order valence-corrected chi connectivity index (χ4v) is 5.02. The highest BCUT2D eigenvalue weighted by Crippen LogP contribution is 2.47. The van der Waals surface area contributed by atoms with Crippen LogP contribution in [0, 0.1) is 0 Å². The minimum atomic E-state index is -4.62. The summed E-state index contributed by atoms with van der Waals surface area (Å²) >= 11 is 0. The van der Waals surface area contributed by atoms with Crippen LogP contribution in [0.3, 0.4) is 0 Å². The van der Waals surface area contributed by atoms with Crippen molar-refractivity contribution >= 4 is 17.5 Å². The van der Waals surface area contributed by atoms with E-state index in [9.17, 15) is 35.9 Å². The van der Waals surface area contributed by atoms with E-state index in [0.717, 1.165) is 18.3 Å². The van der Waals surface area contributed by atoms with E-state index in [4.69, 9.17) is 4.74 Å². The standard InChI is InChI=1S/C29H28F6N6O3/c1-18(42)40-10-12-41(13-11-40)22-4-2-19(14-21(22)28(30,31)32)15-37-26(43)27(8-9-27)23-6-7-25(39-38-23)44-17-20-3-5-24(36-16-20)29(33,34)35/h2-7,14,16H,8-13,15,17H2,1H3,(H,37,43). The Morgan fingerprint density at radius 2 is 1.61 bits per heavy atom. The number of pyridine rings is 1. The maximum absolute atomic E-state index is 14.0. The molecule has 0 radical (unpaired) electrons. The number of piperazine rings is 1. The zero-order chi connectivity index (χ0) is 31.7. The molecule has 0 unspecified atom stereocenters. The fourth-order valence-electron chi connectivity index (χ4n) is 5.02. The molecule has 1 N–H and O–H groups in total. The minimum Gasteiger partial charge on any atom is -0.472 e. The van der Waals surface area contributed by atoms with Gasteiger partial charge in [-0.25, -0.2) is 0 Å². The van der Waals surface area contributed by atoms with Crippen LogP contribution in [0.25, 0.3) is 0 Å². The average molecular weight is 623 g/mol. The second-order valence-electron chi connectivity index (χ2n) is 10.7. The van der Waals surface area contributed by atoms with Crippen molar-refractivity contribution in [3.05, 3.63) is 76.7 Å². The lowest BCUT2D eigenvalue weighted by molar-refractivity contribution is -0.141. The van der Waals surface area contributed by atoms with E-state index in [2.05, 4.69) is 20.5 Å². The van der Waals surface area contributed by atoms with Gasteiger partial charge in [0.05, 0.1) is 16.7 Å². The second-order valence-corrected chi connectivity index (χ2v) is 10.7. The van der Waals surface area contributed by atoms with Crippen molar-refractivity contribution in [3.8, 4) is 5.88 Å². The Balaban J connectivity index is 1.19. The molecule has 2 fully saturated rings. The molecular weight excluding hydrogens is 594 g/mol. The van der Waals surface area contributed by atoms with Crippen molar-refractivity contribution in [1.29, 1.82) is 0 Å². The normalized spacial score (nSPS) is 16.4. The first-order valence-corrected chi connectivity index (χ1v) is 13.7. The van der Waals surface area contributed by atoms with Crippen molar-refractivity contribution < 1.29 is 40.7 Å². The third-order valence-corrected chi connectivity index (χ3v) is 7.70. The molecule has 0 bridgehead atoms. The number of alkyl halides is 6. The van der Waals surface area contributed by atoms with E-state index >= 15 is 0 Å². The SMILES string of the molecule is CC(=O)N1CCN(c2ccc(CNC(=O)C3(c4ccc(OCc5ccc(C(F)(F)F)nc5)nn4)CC3)cc2C(F)(F)F)CC1. The molecule has 5 rings (SSSR count). The Hall–Kier alpha value is -4.43. The lowest BCUT2D eigenvalue weighted by Crippen LogP contribution is -2.48. The molecule has 0 spiro atoms. The summed E-state index contributed by atoms with van der Waals surface area (Å²) < 4.78 is 85.5. The largest absolute Gasteiger partial charge is 0.472 e. The molecule has 2 aromatic heterocycles. The first-order chi connectivity index (χ1) is 20.8. The highest BCUT2D eigenvalue weighted by atomic mass is 19.4. The van der Waals surface area contributed by atoms with Gasteiger partial charge < -0.3 is 19.9 Å². The number of ether oxygens (including phenoxy) is 1. The number of anilines is 1. The van der Waals surface area contributed by atoms with Gasteiger partial charge in [-0.15, -0.1) is 5.10 Å². The summed E-state index contributed by atoms with van der Waals surface area (Å²) in [4.78, 5) is 31.3. The van der Waals surface area contributed by atoms with Crippen LogP contribution in [0.1, 0.15) is 47.8 Å². The third-order valence-electron chi connectivity index (χ3n) is 7.70. The molecule has 234 valence electrons. The number of carbonyl (C=O) groups is 2. The predicted octanol–water partition coefficient (Wildman–Crippen LogP) is 4.50. The van der Waals surface area contributed by atoms with Crippen LogP contribution in [-0.4, -0.2) is 58.1 Å². The molecule has 1 saturated carbocycles. The van der Waals surface area contributed by atoms with Crippen molar-refractivity contribution in [3.63, 3.8) is 0 Å². The number of amides is 2. The Bertz CT molecular complexity index is 1500. The molecule has 15 heteroatoms. The van der Waals surface area contributed by atoms with Gasteiger partial charge in [-0.05, 0) is 42.7 Å². The Morgan fingerprint density at radius 1 is 0.909 bits per heavy atom. The molecule has 9 nitrogen and oxygen atoms in total. The molecule has 3 aromatic rings. The van der Waals surface area contributed by atoms with Crippen LogP contribution < -0.4 is 15.0 Å². The quantitative estimate of drug-likeness (QED) is 0.370. The smallest absolute Gasteiger partial charge is 0.433 e. The number of rotatable bonds is 8. The van der Waals surface area contributed by atoms with Crippen LogP contribution in [0.2, 0.25) is 0 Å². The fraction of sp³-hybridized carbons (Fsp3) is 0.414. The van der Waals surface area contributed by atoms with Gasteiger partial charge in [0.25, 0.3) is 0 Å². The van der Waals surface area contributed by atoms with Gasteiger partial charge in [-0.2, -0.15) is 31.4 Å². The monoisotopic (exact) mass is 622 g/mol. The van der Waals surface area contributed by atoms with E-state index in [0.29, 0.717) is 37.2 Å². The van der Waals surface area contributed by atoms with Crippen molar-refractivity contribution in [1.82, 2.24) is 25.4 Å². The molecule has 1 aliphatic carbocycles. The van der Waals surface area contributed by atoms with Gasteiger partial charge in [-0.1, -0.05) is 12.1 Å². The predicted molar refractivity (Wildman–Crippen MR) is 144 cm³/mol. The van der Waals surface area contributed by atoms with Crippen molar-refractivity contribution in [2.45, 2.75) is 50.7 Å². The minimum absolute atomic E-state index is 0.0293. The van der Waals surface area contributed by atoms with Crippen LogP contribution in [0.15, 0.2) is 48.7 Å². The van der Waals surface area contributed by atoms with E-state index in [1.165, 1.54) is 25.1 Å². The average Bonchev–Trinajstić information content (AvgIpc) is 3.81. The van der Waals surface area contributed by atoms with Crippen molar-refractivity contribution in [2.75, 3.05) is 31.1 Å². The van der Waals surface area contributed by atoms with Gasteiger partial charge in [0.2, 0.25) is 17.7 Å². The number of benzene rings is 1. The third kappa shape index (κ3) is 6.86. The number of nitrogens with one attached hydrogen (secondary N) is 1. The summed E-state index contributed by atoms with van der Waals surface area (Å²) in [6.45, 7) is 2.42. The molecule has 2 aliphatic rings. The van der Waals surface area contributed by atoms with Gasteiger partial charge >= 0.3 is 12.4 Å². The first-order valence-electron chi connectivity index (χ1n) is 13.7. The Morgan fingerprint density at radius 3 is 2.16 bits per heavy atom. The van der Waals surface area contributed by atoms with Crippen LogP contribution >= 0.6 is 0 Å². The highest BCUT2D eigenvalue weighted by Gasteiger charge is 2.53. The number of nitrogens with zero attached hydrogens (tertiary/aromatic N) is 5. The molecule has 3 heterocycles. The topological polar surface area (TPSA) is 101 Å². The maximum atomic E-state index is 14.0. The number of hydrogen-bond donors (Lipinski definition) is 1. The molecule has 44 heavy (non-hydrogen) atoms. The molecule has 1 aromatic carbocycles. The van der Waals surface area contributed by atoms with E-state index in [1.807, 2.05) is 0 Å². The van der Waals surface area contributed by atoms with E-state index in [-0.39, 0.29) is 49.3 Å². The summed E-state index contributed by atoms with van der Waals surface area (Å²) in [5, 5.41) is 10.8. The molecule has 1 saturated heterocycles. The number of aromatic nitrogens is 3. The van der Waals surface area contributed by atoms with Gasteiger partial charge in [0, 0.05) is 63.2 Å². The number of carbonyl (C=O) groups excluding carboxylic acids is 2. The van der Waals surface area contributed by atoms with Gasteiger partial charge in [-0.3, -0.25) is 14.6 Å². The Kier molecular flexibility index (Phi) is 8.40. The van der Waals surface area contributed by atoms with Gasteiger partial charge in [0.15, 0.2) is 0 Å². The van der Waals surface area contributed by atoms with Crippen LogP contribution in [-0.2, 0) is 40.5 Å². The number of halogens is 6. The van der Waals surface area contributed by atoms with E-state index in [1.54, 1.807) is 21.9 Å². The summed E-state index contributed by atoms with van der Waals surface area (Å²) in [5.74, 6) is -0.424. The summed E-state index contributed by atoms with van der Waals surface area (Å²) in [5.41, 5.74) is -1.73. The zero-order valence-electron chi connectivity index (χ0n) is 23.5.